The van der Waals surface area contributed by atoms with Crippen LogP contribution in [0.15, 0.2) is 42.5 Å². The molecule has 2 aromatic rings. The maximum atomic E-state index is 13.1. The van der Waals surface area contributed by atoms with E-state index in [2.05, 4.69) is 23.2 Å². The number of para-hydroxylation sites is 1. The summed E-state index contributed by atoms with van der Waals surface area (Å²) in [6, 6.07) is 12.9. The zero-order valence-electron chi connectivity index (χ0n) is 16.6. The summed E-state index contributed by atoms with van der Waals surface area (Å²) in [7, 11) is 1.65. The van der Waals surface area contributed by atoms with E-state index in [-0.39, 0.29) is 18.2 Å². The van der Waals surface area contributed by atoms with Crippen molar-refractivity contribution in [3.05, 3.63) is 59.4 Å². The van der Waals surface area contributed by atoms with E-state index in [9.17, 15) is 4.39 Å². The molecule has 28 heavy (non-hydrogen) atoms. The molecule has 0 aliphatic carbocycles. The minimum Gasteiger partial charge on any atom is -1.00 e. The van der Waals surface area contributed by atoms with Crippen molar-refractivity contribution in [2.45, 2.75) is 39.0 Å². The largest absolute Gasteiger partial charge is 1.00 e. The van der Waals surface area contributed by atoms with Gasteiger partial charge < -0.3 is 27.2 Å². The number of likely N-dealkylation sites (N-methyl/N-ethyl adjacent to an activating group) is 1. The lowest BCUT2D eigenvalue weighted by molar-refractivity contribution is -0.00000680. The highest BCUT2D eigenvalue weighted by molar-refractivity contribution is 5.46. The molecule has 0 bridgehead atoms. The lowest BCUT2D eigenvalue weighted by Crippen LogP contribution is -3.00. The number of nitrogens with zero attached hydrogens (tertiary/aromatic N) is 1. The lowest BCUT2D eigenvalue weighted by atomic mass is 10.1. The van der Waals surface area contributed by atoms with Crippen LogP contribution in [0.5, 0.6) is 11.5 Å². The Bertz CT molecular complexity index is 727. The van der Waals surface area contributed by atoms with E-state index in [0.29, 0.717) is 18.4 Å². The molecule has 0 spiro atoms. The first-order chi connectivity index (χ1) is 13.2. The average molecular weight is 408 g/mol. The van der Waals surface area contributed by atoms with Gasteiger partial charge in [-0.15, -0.1) is 0 Å². The van der Waals surface area contributed by atoms with Crippen molar-refractivity contribution in [2.24, 2.45) is 0 Å². The number of halogens is 2. The zero-order valence-corrected chi connectivity index (χ0v) is 17.3. The Morgan fingerprint density at radius 3 is 2.68 bits per heavy atom. The predicted molar refractivity (Wildman–Crippen MR) is 106 cm³/mol. The van der Waals surface area contributed by atoms with E-state index < -0.39 is 0 Å². The summed E-state index contributed by atoms with van der Waals surface area (Å²) >= 11 is 0. The predicted octanol–water partition coefficient (Wildman–Crippen LogP) is 0.991. The summed E-state index contributed by atoms with van der Waals surface area (Å²) < 4.78 is 24.6. The molecule has 0 radical (unpaired) electrons. The molecule has 3 rings (SSSR count). The Morgan fingerprint density at radius 1 is 1.18 bits per heavy atom. The number of ether oxygens (including phenoxy) is 2. The molecule has 0 amide bonds. The minimum atomic E-state index is -0.242. The fraction of sp³-hybridized carbons (Fsp3) is 0.455. The lowest BCUT2D eigenvalue weighted by Gasteiger charge is -2.23. The zero-order chi connectivity index (χ0) is 19.1. The maximum absolute atomic E-state index is 13.1. The maximum Gasteiger partial charge on any atom is 0.166 e. The molecule has 1 N–H and O–H groups in total. The van der Waals surface area contributed by atoms with Gasteiger partial charge in [0.15, 0.2) is 11.5 Å². The van der Waals surface area contributed by atoms with Crippen LogP contribution in [-0.4, -0.2) is 37.7 Å². The highest BCUT2D eigenvalue weighted by atomic mass is 35.5. The van der Waals surface area contributed by atoms with Crippen molar-refractivity contribution >= 4 is 0 Å². The van der Waals surface area contributed by atoms with Gasteiger partial charge >= 0.3 is 0 Å². The second-order valence-electron chi connectivity index (χ2n) is 6.92. The Labute approximate surface area is 173 Å². The van der Waals surface area contributed by atoms with E-state index in [1.807, 2.05) is 12.1 Å². The van der Waals surface area contributed by atoms with E-state index in [1.54, 1.807) is 19.2 Å². The monoisotopic (exact) mass is 407 g/mol. The molecule has 0 aromatic heterocycles. The van der Waals surface area contributed by atoms with Gasteiger partial charge in [0.2, 0.25) is 0 Å². The molecule has 6 heteroatoms. The average Bonchev–Trinajstić information content (AvgIpc) is 3.15. The highest BCUT2D eigenvalue weighted by Crippen LogP contribution is 2.32. The second kappa shape index (κ2) is 11.2. The molecule has 0 saturated carbocycles. The smallest absolute Gasteiger partial charge is 0.166 e. The van der Waals surface area contributed by atoms with Gasteiger partial charge in [0, 0.05) is 24.7 Å². The number of likely N-dealkylation sites (tertiary alicyclic amines) is 1. The topological polar surface area (TPSA) is 33.7 Å². The van der Waals surface area contributed by atoms with Crippen LogP contribution in [0.2, 0.25) is 0 Å². The van der Waals surface area contributed by atoms with Crippen LogP contribution in [-0.2, 0) is 13.2 Å². The number of rotatable bonds is 9. The van der Waals surface area contributed by atoms with Crippen molar-refractivity contribution in [3.63, 3.8) is 0 Å². The standard InChI is InChI=1S/C22H29FN2O2.ClH/c1-3-25-13-5-7-20(25)15-24-14-18-6-4-8-21(26-2)22(18)27-16-17-9-11-19(23)12-10-17;/h4,6,8-12,20,24H,3,5,7,13-16H2,1-2H3;1H/p-1. The van der Waals surface area contributed by atoms with E-state index in [4.69, 9.17) is 9.47 Å². The molecule has 1 heterocycles. The normalized spacial score (nSPS) is 16.6. The van der Waals surface area contributed by atoms with Gasteiger partial charge in [0.05, 0.1) is 7.11 Å². The summed E-state index contributed by atoms with van der Waals surface area (Å²) in [5.41, 5.74) is 1.99. The summed E-state index contributed by atoms with van der Waals surface area (Å²) in [4.78, 5) is 2.53. The van der Waals surface area contributed by atoms with Crippen LogP contribution >= 0.6 is 0 Å². The fourth-order valence-electron chi connectivity index (χ4n) is 3.68. The van der Waals surface area contributed by atoms with Crippen molar-refractivity contribution in [3.8, 4) is 11.5 Å². The molecule has 1 atom stereocenters. The van der Waals surface area contributed by atoms with E-state index in [1.165, 1.54) is 31.5 Å². The van der Waals surface area contributed by atoms with Crippen LogP contribution in [0.4, 0.5) is 4.39 Å². The molecule has 1 unspecified atom stereocenters. The summed E-state index contributed by atoms with van der Waals surface area (Å²) in [6.45, 7) is 6.61. The number of benzene rings is 2. The summed E-state index contributed by atoms with van der Waals surface area (Å²) in [5.74, 6) is 1.22. The van der Waals surface area contributed by atoms with E-state index in [0.717, 1.165) is 36.5 Å². The first kappa shape index (κ1) is 22.5. The van der Waals surface area contributed by atoms with Gasteiger partial charge in [-0.2, -0.15) is 0 Å². The third kappa shape index (κ3) is 5.84. The molecule has 1 aliphatic heterocycles. The molecule has 4 nitrogen and oxygen atoms in total. The van der Waals surface area contributed by atoms with Crippen molar-refractivity contribution in [1.29, 1.82) is 0 Å². The van der Waals surface area contributed by atoms with Gasteiger partial charge in [0.1, 0.15) is 12.4 Å². The SMILES string of the molecule is CCN1CCCC1CNCc1cccc(OC)c1OCc1ccc(F)cc1.[Cl-]. The Kier molecular flexibility index (Phi) is 9.03. The Morgan fingerprint density at radius 2 is 1.96 bits per heavy atom. The number of hydrogen-bond acceptors (Lipinski definition) is 4. The van der Waals surface area contributed by atoms with Crippen molar-refractivity contribution < 1.29 is 26.3 Å². The molecule has 2 aromatic carbocycles. The Balaban J connectivity index is 0.00000280. The first-order valence-electron chi connectivity index (χ1n) is 9.69. The second-order valence-corrected chi connectivity index (χ2v) is 6.92. The van der Waals surface area contributed by atoms with Crippen LogP contribution in [0.1, 0.15) is 30.9 Å². The number of nitrogens with one attached hydrogen (secondary N) is 1. The minimum absolute atomic E-state index is 0. The van der Waals surface area contributed by atoms with Gasteiger partial charge in [-0.05, 0) is 49.7 Å². The highest BCUT2D eigenvalue weighted by Gasteiger charge is 2.22. The molecule has 1 fully saturated rings. The van der Waals surface area contributed by atoms with Gasteiger partial charge in [-0.25, -0.2) is 4.39 Å². The van der Waals surface area contributed by atoms with Gasteiger partial charge in [-0.1, -0.05) is 31.2 Å². The van der Waals surface area contributed by atoms with Gasteiger partial charge in [-0.3, -0.25) is 4.90 Å². The van der Waals surface area contributed by atoms with Crippen LogP contribution in [0.3, 0.4) is 0 Å². The first-order valence-corrected chi connectivity index (χ1v) is 9.69. The van der Waals surface area contributed by atoms with Gasteiger partial charge in [0.25, 0.3) is 0 Å². The number of methoxy groups -OCH3 is 1. The van der Waals surface area contributed by atoms with Crippen molar-refractivity contribution in [1.82, 2.24) is 10.2 Å². The molecule has 1 saturated heterocycles. The van der Waals surface area contributed by atoms with Crippen LogP contribution < -0.4 is 27.2 Å². The third-order valence-electron chi connectivity index (χ3n) is 5.18. The molecule has 154 valence electrons. The quantitative estimate of drug-likeness (QED) is 0.672. The molecule has 1 aliphatic rings. The van der Waals surface area contributed by atoms with E-state index >= 15 is 0 Å². The molecular weight excluding hydrogens is 379 g/mol. The third-order valence-corrected chi connectivity index (χ3v) is 5.18. The summed E-state index contributed by atoms with van der Waals surface area (Å²) in [6.07, 6.45) is 2.54. The van der Waals surface area contributed by atoms with Crippen LogP contribution in [0, 0.1) is 5.82 Å². The van der Waals surface area contributed by atoms with Crippen molar-refractivity contribution in [2.75, 3.05) is 26.7 Å². The fourth-order valence-corrected chi connectivity index (χ4v) is 3.68. The molecular formula is C22H29ClFN2O2-. The Hall–Kier alpha value is -1.82. The number of hydrogen-bond donors (Lipinski definition) is 1. The summed E-state index contributed by atoms with van der Waals surface area (Å²) in [5, 5.41) is 3.58. The van der Waals surface area contributed by atoms with Crippen LogP contribution in [0.25, 0.3) is 0 Å².